The molecule has 36 heavy (non-hydrogen) atoms. The average Bonchev–Trinajstić information content (AvgIpc) is 3.34. The molecule has 0 aliphatic carbocycles. The van der Waals surface area contributed by atoms with Crippen LogP contribution >= 0.6 is 0 Å². The largest absolute Gasteiger partial charge is 0.505 e. The molecule has 0 bridgehead atoms. The summed E-state index contributed by atoms with van der Waals surface area (Å²) in [6, 6.07) is 10.2. The lowest BCUT2D eigenvalue weighted by Gasteiger charge is -2.26. The summed E-state index contributed by atoms with van der Waals surface area (Å²) in [5, 5.41) is 22.9. The van der Waals surface area contributed by atoms with E-state index in [0.29, 0.717) is 29.0 Å². The molecule has 1 N–H and O–H groups in total. The Labute approximate surface area is 208 Å². The number of nitrogens with zero attached hydrogens (tertiary/aromatic N) is 5. The van der Waals surface area contributed by atoms with Gasteiger partial charge in [0.2, 0.25) is 0 Å². The fourth-order valence-electron chi connectivity index (χ4n) is 4.80. The smallest absolute Gasteiger partial charge is 0.295 e. The van der Waals surface area contributed by atoms with Gasteiger partial charge >= 0.3 is 0 Å². The quantitative estimate of drug-likeness (QED) is 0.159. The summed E-state index contributed by atoms with van der Waals surface area (Å²) in [5.74, 6) is -1.91. The number of aliphatic hydroxyl groups excluding tert-OH is 1. The Morgan fingerprint density at radius 3 is 2.61 bits per heavy atom. The number of benzene rings is 1. The van der Waals surface area contributed by atoms with Crippen molar-refractivity contribution in [1.29, 1.82) is 0 Å². The molecule has 3 heterocycles. The van der Waals surface area contributed by atoms with Crippen LogP contribution in [0.1, 0.15) is 43.3 Å². The van der Waals surface area contributed by atoms with Gasteiger partial charge in [-0.05, 0) is 50.7 Å². The molecule has 1 atom stereocenters. The van der Waals surface area contributed by atoms with E-state index in [1.807, 2.05) is 6.07 Å². The highest BCUT2D eigenvalue weighted by Crippen LogP contribution is 2.40. The van der Waals surface area contributed by atoms with Gasteiger partial charge in [-0.15, -0.1) is 0 Å². The van der Waals surface area contributed by atoms with E-state index >= 15 is 0 Å². The highest BCUT2D eigenvalue weighted by molar-refractivity contribution is 6.46. The molecule has 1 amide bonds. The fraction of sp³-hybridized carbons (Fsp3) is 0.346. The summed E-state index contributed by atoms with van der Waals surface area (Å²) in [6.07, 6.45) is 2.32. The molecule has 0 saturated carbocycles. The summed E-state index contributed by atoms with van der Waals surface area (Å²) in [4.78, 5) is 45.6. The van der Waals surface area contributed by atoms with Crippen LogP contribution in [-0.4, -0.2) is 67.1 Å². The number of aliphatic hydroxyl groups is 1. The molecule has 10 heteroatoms. The maximum Gasteiger partial charge on any atom is 0.295 e. The number of imidazole rings is 1. The Kier molecular flexibility index (Phi) is 7.16. The number of carbonyl (C=O) groups excluding carboxylic acids is 2. The number of rotatable bonds is 9. The molecule has 10 nitrogen and oxygen atoms in total. The zero-order valence-electron chi connectivity index (χ0n) is 20.5. The third-order valence-electron chi connectivity index (χ3n) is 6.63. The maximum atomic E-state index is 13.3. The summed E-state index contributed by atoms with van der Waals surface area (Å²) in [6.45, 7) is 8.52. The number of nitro benzene ring substituents is 1. The fourth-order valence-corrected chi connectivity index (χ4v) is 4.80. The summed E-state index contributed by atoms with van der Waals surface area (Å²) >= 11 is 0. The second-order valence-electron chi connectivity index (χ2n) is 8.70. The number of ketones is 1. The van der Waals surface area contributed by atoms with Gasteiger partial charge in [0.15, 0.2) is 5.76 Å². The summed E-state index contributed by atoms with van der Waals surface area (Å²) in [7, 11) is 0. The zero-order chi connectivity index (χ0) is 26.0. The van der Waals surface area contributed by atoms with Gasteiger partial charge in [-0.25, -0.2) is 4.98 Å². The number of likely N-dealkylation sites (tertiary alicyclic amines) is 1. The van der Waals surface area contributed by atoms with Gasteiger partial charge in [0.1, 0.15) is 11.3 Å². The minimum atomic E-state index is -0.963. The first-order chi connectivity index (χ1) is 17.3. The SMILES string of the molecule is CCN(CC)CCCN1C(=O)C(=O)C(=C(O)c2c(C)nc3ccccn23)C1c1cccc([N+](=O)[O-])c1. The first-order valence-corrected chi connectivity index (χ1v) is 12.0. The standard InChI is InChI=1S/C26H29N5O5/c1-4-28(5-2)13-9-15-30-23(18-10-8-11-19(16-18)31(35)36)21(25(33)26(30)34)24(32)22-17(3)27-20-12-6-7-14-29(20)22/h6-8,10-12,14,16,23,32H,4-5,9,13,15H2,1-3H3. The molecule has 1 unspecified atom stereocenters. The number of hydrogen-bond acceptors (Lipinski definition) is 7. The Morgan fingerprint density at radius 1 is 1.17 bits per heavy atom. The van der Waals surface area contributed by atoms with E-state index < -0.39 is 22.7 Å². The van der Waals surface area contributed by atoms with Crippen LogP contribution < -0.4 is 0 Å². The van der Waals surface area contributed by atoms with Gasteiger partial charge in [0, 0.05) is 24.9 Å². The highest BCUT2D eigenvalue weighted by Gasteiger charge is 2.46. The molecule has 1 fully saturated rings. The van der Waals surface area contributed by atoms with Crippen LogP contribution in [0.5, 0.6) is 0 Å². The van der Waals surface area contributed by atoms with Gasteiger partial charge in [-0.2, -0.15) is 0 Å². The highest BCUT2D eigenvalue weighted by atomic mass is 16.6. The lowest BCUT2D eigenvalue weighted by atomic mass is 9.96. The predicted molar refractivity (Wildman–Crippen MR) is 134 cm³/mol. The van der Waals surface area contributed by atoms with Crippen LogP contribution in [0.15, 0.2) is 54.2 Å². The average molecular weight is 492 g/mol. The number of aromatic nitrogens is 2. The lowest BCUT2D eigenvalue weighted by molar-refractivity contribution is -0.384. The van der Waals surface area contributed by atoms with Gasteiger partial charge in [-0.1, -0.05) is 32.0 Å². The van der Waals surface area contributed by atoms with Crippen LogP contribution in [0.4, 0.5) is 5.69 Å². The molecule has 4 rings (SSSR count). The molecule has 1 aliphatic rings. The number of fused-ring (bicyclic) bond motifs is 1. The zero-order valence-corrected chi connectivity index (χ0v) is 20.5. The Morgan fingerprint density at radius 2 is 1.92 bits per heavy atom. The molecular weight excluding hydrogens is 462 g/mol. The molecular formula is C26H29N5O5. The Hall–Kier alpha value is -4.05. The third-order valence-corrected chi connectivity index (χ3v) is 6.63. The van der Waals surface area contributed by atoms with Crippen molar-refractivity contribution in [3.8, 4) is 0 Å². The van der Waals surface area contributed by atoms with E-state index in [1.54, 1.807) is 35.7 Å². The first kappa shape index (κ1) is 25.1. The van der Waals surface area contributed by atoms with Crippen LogP contribution in [-0.2, 0) is 9.59 Å². The normalized spacial score (nSPS) is 17.4. The molecule has 3 aromatic rings. The minimum absolute atomic E-state index is 0.0999. The molecule has 1 aromatic carbocycles. The maximum absolute atomic E-state index is 13.3. The summed E-state index contributed by atoms with van der Waals surface area (Å²) < 4.78 is 1.66. The van der Waals surface area contributed by atoms with Crippen LogP contribution in [0.25, 0.3) is 11.4 Å². The predicted octanol–water partition coefficient (Wildman–Crippen LogP) is 3.70. The first-order valence-electron chi connectivity index (χ1n) is 12.0. The van der Waals surface area contributed by atoms with Crippen LogP contribution in [0, 0.1) is 17.0 Å². The molecule has 188 valence electrons. The number of aryl methyl sites for hydroxylation is 1. The number of pyridine rings is 1. The van der Waals surface area contributed by atoms with Gasteiger partial charge < -0.3 is 14.9 Å². The second-order valence-corrected chi connectivity index (χ2v) is 8.70. The van der Waals surface area contributed by atoms with E-state index in [0.717, 1.165) is 19.6 Å². The van der Waals surface area contributed by atoms with E-state index in [9.17, 15) is 24.8 Å². The third kappa shape index (κ3) is 4.47. The van der Waals surface area contributed by atoms with E-state index in [4.69, 9.17) is 0 Å². The van der Waals surface area contributed by atoms with Crippen molar-refractivity contribution >= 4 is 28.8 Å². The number of non-ortho nitro benzene ring substituents is 1. The number of nitro groups is 1. The number of hydrogen-bond donors (Lipinski definition) is 1. The van der Waals surface area contributed by atoms with E-state index in [2.05, 4.69) is 23.7 Å². The number of amides is 1. The van der Waals surface area contributed by atoms with Gasteiger partial charge in [-0.3, -0.25) is 24.1 Å². The van der Waals surface area contributed by atoms with Crippen LogP contribution in [0.3, 0.4) is 0 Å². The molecule has 1 saturated heterocycles. The Balaban J connectivity index is 1.85. The molecule has 0 radical (unpaired) electrons. The Bertz CT molecular complexity index is 1360. The molecule has 0 spiro atoms. The number of carbonyl (C=O) groups is 2. The van der Waals surface area contributed by atoms with Crippen LogP contribution in [0.2, 0.25) is 0 Å². The van der Waals surface area contributed by atoms with Crippen molar-refractivity contribution in [2.24, 2.45) is 0 Å². The van der Waals surface area contributed by atoms with E-state index in [-0.39, 0.29) is 23.6 Å². The second kappa shape index (κ2) is 10.3. The van der Waals surface area contributed by atoms with Gasteiger partial charge in [0.25, 0.3) is 17.4 Å². The molecule has 1 aliphatic heterocycles. The monoisotopic (exact) mass is 491 g/mol. The van der Waals surface area contributed by atoms with Crippen molar-refractivity contribution in [2.45, 2.75) is 33.2 Å². The van der Waals surface area contributed by atoms with Crippen molar-refractivity contribution < 1.29 is 19.6 Å². The lowest BCUT2D eigenvalue weighted by Crippen LogP contribution is -2.33. The minimum Gasteiger partial charge on any atom is -0.505 e. The van der Waals surface area contributed by atoms with Gasteiger partial charge in [0.05, 0.1) is 22.2 Å². The van der Waals surface area contributed by atoms with Crippen molar-refractivity contribution in [2.75, 3.05) is 26.2 Å². The van der Waals surface area contributed by atoms with Crippen molar-refractivity contribution in [3.63, 3.8) is 0 Å². The topological polar surface area (TPSA) is 121 Å². The van der Waals surface area contributed by atoms with Crippen molar-refractivity contribution in [3.05, 3.63) is 81.3 Å². The van der Waals surface area contributed by atoms with E-state index in [1.165, 1.54) is 23.1 Å². The summed E-state index contributed by atoms with van der Waals surface area (Å²) in [5.41, 5.74) is 1.51. The molecule has 2 aromatic heterocycles. The number of Topliss-reactive ketones (excluding diaryl/α,β-unsaturated/α-hetero) is 1. The van der Waals surface area contributed by atoms with Crippen molar-refractivity contribution in [1.82, 2.24) is 19.2 Å².